The lowest BCUT2D eigenvalue weighted by atomic mass is 10.0. The highest BCUT2D eigenvalue weighted by atomic mass is 35.5. The maximum Gasteiger partial charge on any atom is 0.320 e. The standard InChI is InChI=1S/C28H30N6O3.ClH/c1-18(6-5-9-19-7-3-2-4-8-19)31-28(37)34-25-15-14-23-26(33-25)32-24(17-30-23)21-12-10-20(11-13-21)16-22(29)27(35)36;/h2-4,7-8,10-15,17-18,22H,5-6,9,16,29H2,1H3,(H,35,36)(H2,31,32,33,34,37);1H/t18-,22+;/m1./s1. The van der Waals surface area contributed by atoms with Crippen molar-refractivity contribution >= 4 is 41.4 Å². The summed E-state index contributed by atoms with van der Waals surface area (Å²) in [5.74, 6) is -0.655. The van der Waals surface area contributed by atoms with Crippen LogP contribution in [0.4, 0.5) is 10.6 Å². The number of aliphatic carboxylic acids is 1. The van der Waals surface area contributed by atoms with E-state index in [0.29, 0.717) is 22.7 Å². The number of nitrogens with one attached hydrogen (secondary N) is 2. The smallest absolute Gasteiger partial charge is 0.320 e. The molecule has 2 atom stereocenters. The number of benzene rings is 2. The molecule has 10 heteroatoms. The fourth-order valence-corrected chi connectivity index (χ4v) is 3.96. The van der Waals surface area contributed by atoms with Gasteiger partial charge in [-0.3, -0.25) is 15.1 Å². The first-order valence-electron chi connectivity index (χ1n) is 12.2. The maximum atomic E-state index is 12.5. The van der Waals surface area contributed by atoms with E-state index in [1.807, 2.05) is 49.4 Å². The second-order valence-corrected chi connectivity index (χ2v) is 9.02. The van der Waals surface area contributed by atoms with Crippen molar-refractivity contribution < 1.29 is 14.7 Å². The van der Waals surface area contributed by atoms with E-state index in [-0.39, 0.29) is 30.9 Å². The Bertz CT molecular complexity index is 1370. The van der Waals surface area contributed by atoms with Crippen molar-refractivity contribution in [2.24, 2.45) is 5.73 Å². The van der Waals surface area contributed by atoms with E-state index in [1.165, 1.54) is 5.56 Å². The Morgan fingerprint density at radius 1 is 0.974 bits per heavy atom. The van der Waals surface area contributed by atoms with Gasteiger partial charge in [-0.15, -0.1) is 12.4 Å². The van der Waals surface area contributed by atoms with Crippen LogP contribution in [0.2, 0.25) is 0 Å². The molecule has 2 aromatic heterocycles. The highest BCUT2D eigenvalue weighted by molar-refractivity contribution is 5.89. The van der Waals surface area contributed by atoms with Crippen molar-refractivity contribution in [1.29, 1.82) is 0 Å². The monoisotopic (exact) mass is 534 g/mol. The number of carboxylic acid groups (broad SMARTS) is 1. The first-order valence-corrected chi connectivity index (χ1v) is 12.2. The number of halogens is 1. The molecule has 0 aliphatic heterocycles. The normalized spacial score (nSPS) is 12.3. The van der Waals surface area contributed by atoms with Crippen LogP contribution in [0.3, 0.4) is 0 Å². The number of amides is 2. The van der Waals surface area contributed by atoms with Crippen molar-refractivity contribution in [3.05, 3.63) is 84.1 Å². The summed E-state index contributed by atoms with van der Waals surface area (Å²) in [7, 11) is 0. The average molecular weight is 535 g/mol. The summed E-state index contributed by atoms with van der Waals surface area (Å²) in [5.41, 5.74) is 10.2. The molecule has 0 spiro atoms. The number of carbonyl (C=O) groups excluding carboxylic acids is 1. The number of nitrogens with two attached hydrogens (primary N) is 1. The minimum Gasteiger partial charge on any atom is -0.480 e. The molecule has 9 nitrogen and oxygen atoms in total. The molecule has 38 heavy (non-hydrogen) atoms. The van der Waals surface area contributed by atoms with E-state index in [4.69, 9.17) is 10.8 Å². The maximum absolute atomic E-state index is 12.5. The average Bonchev–Trinajstić information content (AvgIpc) is 2.89. The zero-order chi connectivity index (χ0) is 26.2. The van der Waals surface area contributed by atoms with Gasteiger partial charge in [-0.2, -0.15) is 0 Å². The number of carbonyl (C=O) groups is 2. The van der Waals surface area contributed by atoms with Gasteiger partial charge in [0.05, 0.1) is 11.9 Å². The lowest BCUT2D eigenvalue weighted by molar-refractivity contribution is -0.138. The van der Waals surface area contributed by atoms with E-state index in [0.717, 1.165) is 30.4 Å². The lowest BCUT2D eigenvalue weighted by Crippen LogP contribution is -2.36. The summed E-state index contributed by atoms with van der Waals surface area (Å²) in [6.07, 6.45) is 4.71. The molecular weight excluding hydrogens is 504 g/mol. The predicted molar refractivity (Wildman–Crippen MR) is 150 cm³/mol. The number of carboxylic acids is 1. The molecule has 0 saturated carbocycles. The van der Waals surface area contributed by atoms with Gasteiger partial charge in [0.25, 0.3) is 0 Å². The summed E-state index contributed by atoms with van der Waals surface area (Å²) in [4.78, 5) is 36.9. The van der Waals surface area contributed by atoms with E-state index in [2.05, 4.69) is 37.7 Å². The van der Waals surface area contributed by atoms with Crippen LogP contribution in [0.15, 0.2) is 72.9 Å². The molecule has 0 aliphatic carbocycles. The number of hydrogen-bond acceptors (Lipinski definition) is 6. The van der Waals surface area contributed by atoms with Gasteiger partial charge in [-0.1, -0.05) is 54.6 Å². The van der Waals surface area contributed by atoms with Crippen LogP contribution in [-0.4, -0.2) is 44.1 Å². The molecule has 4 aromatic rings. The van der Waals surface area contributed by atoms with Crippen molar-refractivity contribution in [2.45, 2.75) is 44.7 Å². The zero-order valence-corrected chi connectivity index (χ0v) is 21.8. The Labute approximate surface area is 227 Å². The van der Waals surface area contributed by atoms with E-state index in [1.54, 1.807) is 18.3 Å². The van der Waals surface area contributed by atoms with Crippen LogP contribution in [0, 0.1) is 0 Å². The molecule has 2 amide bonds. The number of pyridine rings is 1. The minimum absolute atomic E-state index is 0. The number of aromatic nitrogens is 3. The Balaban J connectivity index is 0.00000400. The third-order valence-electron chi connectivity index (χ3n) is 5.99. The van der Waals surface area contributed by atoms with Gasteiger partial charge in [0.2, 0.25) is 0 Å². The van der Waals surface area contributed by atoms with Crippen molar-refractivity contribution in [2.75, 3.05) is 5.32 Å². The van der Waals surface area contributed by atoms with E-state index >= 15 is 0 Å². The number of aryl methyl sites for hydroxylation is 1. The molecule has 0 radical (unpaired) electrons. The molecule has 0 unspecified atom stereocenters. The fourth-order valence-electron chi connectivity index (χ4n) is 3.96. The van der Waals surface area contributed by atoms with Crippen molar-refractivity contribution in [1.82, 2.24) is 20.3 Å². The van der Waals surface area contributed by atoms with Crippen LogP contribution in [-0.2, 0) is 17.6 Å². The van der Waals surface area contributed by atoms with Gasteiger partial charge in [0.1, 0.15) is 17.4 Å². The fraction of sp³-hybridized carbons (Fsp3) is 0.250. The summed E-state index contributed by atoms with van der Waals surface area (Å²) < 4.78 is 0. The topological polar surface area (TPSA) is 143 Å². The molecule has 0 saturated heterocycles. The first kappa shape index (κ1) is 28.5. The number of hydrogen-bond donors (Lipinski definition) is 4. The second kappa shape index (κ2) is 13.5. The minimum atomic E-state index is -1.04. The number of urea groups is 1. The molecule has 2 aromatic carbocycles. The highest BCUT2D eigenvalue weighted by Gasteiger charge is 2.13. The Hall–Kier alpha value is -4.08. The predicted octanol–water partition coefficient (Wildman–Crippen LogP) is 4.60. The summed E-state index contributed by atoms with van der Waals surface area (Å²) in [6, 6.07) is 19.8. The molecule has 0 aliphatic rings. The molecule has 5 N–H and O–H groups in total. The van der Waals surface area contributed by atoms with Gasteiger partial charge < -0.3 is 16.2 Å². The molecule has 2 heterocycles. The number of rotatable bonds is 10. The molecule has 198 valence electrons. The molecular formula is C28H31ClN6O3. The van der Waals surface area contributed by atoms with E-state index in [9.17, 15) is 9.59 Å². The SMILES string of the molecule is C[C@H](CCCc1ccccc1)NC(=O)Nc1ccc2ncc(-c3ccc(C[C@H](N)C(=O)O)cc3)nc2n1.Cl. The third-order valence-corrected chi connectivity index (χ3v) is 5.99. The van der Waals surface area contributed by atoms with Crippen LogP contribution in [0.1, 0.15) is 30.9 Å². The van der Waals surface area contributed by atoms with Crippen molar-refractivity contribution in [3.63, 3.8) is 0 Å². The van der Waals surface area contributed by atoms with Crippen LogP contribution < -0.4 is 16.4 Å². The Kier molecular flexibility index (Phi) is 10.1. The summed E-state index contributed by atoms with van der Waals surface area (Å²) in [5, 5.41) is 14.7. The first-order chi connectivity index (χ1) is 17.9. The van der Waals surface area contributed by atoms with Crippen LogP contribution in [0.5, 0.6) is 0 Å². The second-order valence-electron chi connectivity index (χ2n) is 9.02. The van der Waals surface area contributed by atoms with Gasteiger partial charge in [0, 0.05) is 11.6 Å². The quantitative estimate of drug-likeness (QED) is 0.233. The Morgan fingerprint density at radius 2 is 1.71 bits per heavy atom. The third kappa shape index (κ3) is 7.96. The highest BCUT2D eigenvalue weighted by Crippen LogP contribution is 2.20. The Morgan fingerprint density at radius 3 is 2.42 bits per heavy atom. The van der Waals surface area contributed by atoms with Gasteiger partial charge in [-0.05, 0) is 55.9 Å². The van der Waals surface area contributed by atoms with Gasteiger partial charge >= 0.3 is 12.0 Å². The summed E-state index contributed by atoms with van der Waals surface area (Å²) >= 11 is 0. The van der Waals surface area contributed by atoms with Gasteiger partial charge in [0.15, 0.2) is 5.65 Å². The van der Waals surface area contributed by atoms with Crippen molar-refractivity contribution in [3.8, 4) is 11.3 Å². The zero-order valence-electron chi connectivity index (χ0n) is 21.0. The summed E-state index contributed by atoms with van der Waals surface area (Å²) in [6.45, 7) is 1.98. The van der Waals surface area contributed by atoms with Gasteiger partial charge in [-0.25, -0.2) is 14.8 Å². The molecule has 0 bridgehead atoms. The molecule has 0 fully saturated rings. The largest absolute Gasteiger partial charge is 0.480 e. The van der Waals surface area contributed by atoms with E-state index < -0.39 is 12.0 Å². The van der Waals surface area contributed by atoms with Crippen LogP contribution in [0.25, 0.3) is 22.4 Å². The number of fused-ring (bicyclic) bond motifs is 1. The number of nitrogens with zero attached hydrogens (tertiary/aromatic N) is 3. The number of anilines is 1. The lowest BCUT2D eigenvalue weighted by Gasteiger charge is -2.14. The van der Waals surface area contributed by atoms with Crippen LogP contribution >= 0.6 is 12.4 Å². The molecule has 4 rings (SSSR count).